The van der Waals surface area contributed by atoms with Crippen LogP contribution in [0.3, 0.4) is 0 Å². The molecule has 1 nitrogen and oxygen atoms in total. The maximum atomic E-state index is 5.40. The van der Waals surface area contributed by atoms with Gasteiger partial charge in [0.05, 0.1) is 13.2 Å². The lowest BCUT2D eigenvalue weighted by Gasteiger charge is -2.07. The van der Waals surface area contributed by atoms with Crippen LogP contribution < -0.4 is 0 Å². The van der Waals surface area contributed by atoms with E-state index >= 15 is 0 Å². The van der Waals surface area contributed by atoms with Crippen molar-refractivity contribution in [3.8, 4) is 0 Å². The lowest BCUT2D eigenvalue weighted by molar-refractivity contribution is 0.134. The van der Waals surface area contributed by atoms with Crippen molar-refractivity contribution in [2.24, 2.45) is 0 Å². The monoisotopic (exact) mass is 162 g/mol. The van der Waals surface area contributed by atoms with E-state index in [0.717, 1.165) is 19.6 Å². The molecule has 1 aromatic rings. The van der Waals surface area contributed by atoms with Gasteiger partial charge in [-0.3, -0.25) is 0 Å². The second-order valence-corrected chi connectivity index (χ2v) is 3.33. The maximum absolute atomic E-state index is 5.40. The topological polar surface area (TPSA) is 9.23 Å². The Kier molecular flexibility index (Phi) is 1.89. The highest BCUT2D eigenvalue weighted by molar-refractivity contribution is 5.41. The average molecular weight is 162 g/mol. The summed E-state index contributed by atoms with van der Waals surface area (Å²) in [5, 5.41) is 0. The van der Waals surface area contributed by atoms with E-state index in [0.29, 0.717) is 0 Å². The zero-order chi connectivity index (χ0) is 8.55. The van der Waals surface area contributed by atoms with Crippen LogP contribution in [0.2, 0.25) is 0 Å². The molecule has 0 N–H and O–H groups in total. The number of hydrogen-bond acceptors (Lipinski definition) is 1. The Morgan fingerprint density at radius 3 is 2.92 bits per heavy atom. The largest absolute Gasteiger partial charge is 0.372 e. The van der Waals surface area contributed by atoms with Gasteiger partial charge in [-0.25, -0.2) is 0 Å². The minimum absolute atomic E-state index is 0.806. The van der Waals surface area contributed by atoms with Crippen molar-refractivity contribution in [1.82, 2.24) is 0 Å². The molecule has 0 aliphatic carbocycles. The number of rotatable bonds is 1. The third-order valence-corrected chi connectivity index (χ3v) is 2.69. The van der Waals surface area contributed by atoms with E-state index < -0.39 is 0 Å². The van der Waals surface area contributed by atoms with E-state index in [1.165, 1.54) is 22.3 Å². The molecule has 1 aliphatic heterocycles. The van der Waals surface area contributed by atoms with Crippen LogP contribution in [0.25, 0.3) is 0 Å². The smallest absolute Gasteiger partial charge is 0.0727 e. The Bertz CT molecular complexity index is 302. The average Bonchev–Trinajstić information content (AvgIpc) is 2.53. The van der Waals surface area contributed by atoms with Crippen LogP contribution >= 0.6 is 0 Å². The Labute approximate surface area is 73.4 Å². The van der Waals surface area contributed by atoms with Crippen LogP contribution in [0.5, 0.6) is 0 Å². The van der Waals surface area contributed by atoms with Crippen molar-refractivity contribution in [1.29, 1.82) is 0 Å². The summed E-state index contributed by atoms with van der Waals surface area (Å²) in [5.41, 5.74) is 5.70. The normalized spacial score (nSPS) is 14.8. The van der Waals surface area contributed by atoms with Crippen LogP contribution in [-0.2, 0) is 24.4 Å². The molecule has 2 rings (SSSR count). The van der Waals surface area contributed by atoms with E-state index in [9.17, 15) is 0 Å². The first kappa shape index (κ1) is 7.81. The van der Waals surface area contributed by atoms with Crippen molar-refractivity contribution in [3.05, 3.63) is 34.4 Å². The zero-order valence-corrected chi connectivity index (χ0v) is 7.68. The van der Waals surface area contributed by atoms with Crippen LogP contribution in [0.4, 0.5) is 0 Å². The van der Waals surface area contributed by atoms with Gasteiger partial charge in [-0.1, -0.05) is 19.1 Å². The molecule has 0 amide bonds. The van der Waals surface area contributed by atoms with Gasteiger partial charge in [0.1, 0.15) is 0 Å². The molecule has 1 heterocycles. The Hall–Kier alpha value is -0.820. The lowest BCUT2D eigenvalue weighted by Crippen LogP contribution is -1.93. The fourth-order valence-corrected chi connectivity index (χ4v) is 1.84. The molecular weight excluding hydrogens is 148 g/mol. The van der Waals surface area contributed by atoms with Gasteiger partial charge in [0.2, 0.25) is 0 Å². The fourth-order valence-electron chi connectivity index (χ4n) is 1.84. The molecule has 0 bridgehead atoms. The molecule has 0 saturated heterocycles. The summed E-state index contributed by atoms with van der Waals surface area (Å²) in [5.74, 6) is 0. The molecule has 0 aromatic heterocycles. The summed E-state index contributed by atoms with van der Waals surface area (Å²) in [6.07, 6.45) is 1.12. The second kappa shape index (κ2) is 2.91. The van der Waals surface area contributed by atoms with Gasteiger partial charge in [-0.15, -0.1) is 0 Å². The molecule has 0 radical (unpaired) electrons. The Morgan fingerprint density at radius 1 is 1.33 bits per heavy atom. The van der Waals surface area contributed by atoms with Crippen molar-refractivity contribution in [3.63, 3.8) is 0 Å². The first-order valence-electron chi connectivity index (χ1n) is 4.51. The van der Waals surface area contributed by atoms with Crippen molar-refractivity contribution < 1.29 is 4.74 Å². The molecule has 0 atom stereocenters. The standard InChI is InChI=1S/C11H14O/c1-3-9-4-5-10-6-12-7-11(10)8(9)2/h4-5H,3,6-7H2,1-2H3. The molecule has 0 spiro atoms. The summed E-state index contributed by atoms with van der Waals surface area (Å²) in [7, 11) is 0. The highest BCUT2D eigenvalue weighted by atomic mass is 16.5. The molecule has 0 unspecified atom stereocenters. The van der Waals surface area contributed by atoms with E-state index in [1.54, 1.807) is 0 Å². The molecule has 1 aliphatic rings. The van der Waals surface area contributed by atoms with E-state index in [1.807, 2.05) is 0 Å². The van der Waals surface area contributed by atoms with Gasteiger partial charge in [0.15, 0.2) is 0 Å². The minimum atomic E-state index is 0.806. The third kappa shape index (κ3) is 1.05. The van der Waals surface area contributed by atoms with Gasteiger partial charge in [0.25, 0.3) is 0 Å². The summed E-state index contributed by atoms with van der Waals surface area (Å²) in [6, 6.07) is 4.43. The van der Waals surface area contributed by atoms with Gasteiger partial charge in [-0.05, 0) is 35.6 Å². The van der Waals surface area contributed by atoms with Gasteiger partial charge >= 0.3 is 0 Å². The lowest BCUT2D eigenvalue weighted by atomic mass is 9.98. The van der Waals surface area contributed by atoms with Crippen LogP contribution in [0, 0.1) is 6.92 Å². The highest BCUT2D eigenvalue weighted by Crippen LogP contribution is 2.25. The summed E-state index contributed by atoms with van der Waals surface area (Å²) >= 11 is 0. The summed E-state index contributed by atoms with van der Waals surface area (Å²) in [6.45, 7) is 6.02. The molecule has 0 fully saturated rings. The summed E-state index contributed by atoms with van der Waals surface area (Å²) in [4.78, 5) is 0. The first-order chi connectivity index (χ1) is 5.83. The van der Waals surface area contributed by atoms with E-state index in [2.05, 4.69) is 26.0 Å². The van der Waals surface area contributed by atoms with E-state index in [4.69, 9.17) is 4.74 Å². The molecule has 12 heavy (non-hydrogen) atoms. The number of fused-ring (bicyclic) bond motifs is 1. The quantitative estimate of drug-likeness (QED) is 0.616. The molecular formula is C11H14O. The Morgan fingerprint density at radius 2 is 2.17 bits per heavy atom. The SMILES string of the molecule is CCc1ccc2c(c1C)COC2. The maximum Gasteiger partial charge on any atom is 0.0727 e. The van der Waals surface area contributed by atoms with Crippen molar-refractivity contribution >= 4 is 0 Å². The minimum Gasteiger partial charge on any atom is -0.372 e. The number of aryl methyl sites for hydroxylation is 1. The van der Waals surface area contributed by atoms with Gasteiger partial charge in [-0.2, -0.15) is 0 Å². The van der Waals surface area contributed by atoms with Crippen molar-refractivity contribution in [2.75, 3.05) is 0 Å². The first-order valence-corrected chi connectivity index (χ1v) is 4.51. The van der Waals surface area contributed by atoms with Gasteiger partial charge < -0.3 is 4.74 Å². The molecule has 64 valence electrons. The predicted octanol–water partition coefficient (Wildman–Crippen LogP) is 2.59. The van der Waals surface area contributed by atoms with Crippen LogP contribution in [0.1, 0.15) is 29.2 Å². The number of hydrogen-bond donors (Lipinski definition) is 0. The van der Waals surface area contributed by atoms with Crippen LogP contribution in [0.15, 0.2) is 12.1 Å². The Balaban J connectivity index is 2.54. The zero-order valence-electron chi connectivity index (χ0n) is 7.68. The van der Waals surface area contributed by atoms with Crippen molar-refractivity contribution in [2.45, 2.75) is 33.5 Å². The highest BCUT2D eigenvalue weighted by Gasteiger charge is 2.14. The summed E-state index contributed by atoms with van der Waals surface area (Å²) < 4.78 is 5.40. The molecule has 1 heteroatoms. The van der Waals surface area contributed by atoms with Gasteiger partial charge in [0, 0.05) is 0 Å². The fraction of sp³-hybridized carbons (Fsp3) is 0.455. The third-order valence-electron chi connectivity index (χ3n) is 2.69. The second-order valence-electron chi connectivity index (χ2n) is 3.33. The van der Waals surface area contributed by atoms with E-state index in [-0.39, 0.29) is 0 Å². The van der Waals surface area contributed by atoms with Crippen LogP contribution in [-0.4, -0.2) is 0 Å². The molecule has 0 saturated carbocycles. The molecule has 1 aromatic carbocycles. The number of benzene rings is 1. The predicted molar refractivity (Wildman–Crippen MR) is 49.1 cm³/mol. The number of ether oxygens (including phenoxy) is 1.